The molecule has 0 heterocycles. The fourth-order valence-electron chi connectivity index (χ4n) is 4.03. The minimum absolute atomic E-state index is 0.0591. The van der Waals surface area contributed by atoms with Crippen molar-refractivity contribution in [3.8, 4) is 11.5 Å². The number of hydrogen-bond donors (Lipinski definition) is 1. The number of benzene rings is 2. The normalized spacial score (nSPS) is 11.9. The van der Waals surface area contributed by atoms with Crippen LogP contribution >= 0.6 is 11.6 Å². The van der Waals surface area contributed by atoms with Crippen LogP contribution < -0.4 is 19.1 Å². The summed E-state index contributed by atoms with van der Waals surface area (Å²) >= 11 is 6.21. The number of sulfonamides is 1. The molecular weight excluding hydrogens is 530 g/mol. The predicted octanol–water partition coefficient (Wildman–Crippen LogP) is 4.24. The van der Waals surface area contributed by atoms with Gasteiger partial charge in [-0.25, -0.2) is 8.42 Å². The first-order chi connectivity index (χ1) is 18.0. The van der Waals surface area contributed by atoms with Crippen molar-refractivity contribution in [3.63, 3.8) is 0 Å². The molecule has 0 aromatic heterocycles. The first kappa shape index (κ1) is 31.2. The molecule has 1 N–H and O–H groups in total. The molecule has 2 amide bonds. The van der Waals surface area contributed by atoms with Gasteiger partial charge in [0.15, 0.2) is 0 Å². The van der Waals surface area contributed by atoms with Gasteiger partial charge in [0.25, 0.3) is 0 Å². The summed E-state index contributed by atoms with van der Waals surface area (Å²) in [6.45, 7) is 4.66. The second-order valence-electron chi connectivity index (χ2n) is 8.84. The van der Waals surface area contributed by atoms with Crippen molar-refractivity contribution in [2.45, 2.75) is 52.1 Å². The Morgan fingerprint density at radius 3 is 2.26 bits per heavy atom. The molecule has 2 aromatic rings. The summed E-state index contributed by atoms with van der Waals surface area (Å²) in [6, 6.07) is 11.4. The molecule has 0 radical (unpaired) electrons. The minimum Gasteiger partial charge on any atom is -0.497 e. The van der Waals surface area contributed by atoms with Crippen LogP contribution in [0.1, 0.15) is 45.1 Å². The zero-order chi connectivity index (χ0) is 28.3. The van der Waals surface area contributed by atoms with Crippen LogP contribution in [-0.4, -0.2) is 64.7 Å². The molecule has 0 aliphatic rings. The van der Waals surface area contributed by atoms with Gasteiger partial charge < -0.3 is 19.7 Å². The van der Waals surface area contributed by atoms with Crippen LogP contribution in [0.25, 0.3) is 0 Å². The van der Waals surface area contributed by atoms with Crippen molar-refractivity contribution < 1.29 is 27.5 Å². The highest BCUT2D eigenvalue weighted by Crippen LogP contribution is 2.30. The Kier molecular flexibility index (Phi) is 12.2. The lowest BCUT2D eigenvalue weighted by Gasteiger charge is -2.31. The van der Waals surface area contributed by atoms with Gasteiger partial charge in [-0.2, -0.15) is 0 Å². The van der Waals surface area contributed by atoms with Crippen LogP contribution in [0.15, 0.2) is 42.5 Å². The molecule has 0 bridgehead atoms. The largest absolute Gasteiger partial charge is 0.497 e. The first-order valence-corrected chi connectivity index (χ1v) is 14.8. The third-order valence-electron chi connectivity index (χ3n) is 6.02. The molecule has 0 aliphatic carbocycles. The Morgan fingerprint density at radius 1 is 1.05 bits per heavy atom. The molecule has 0 spiro atoms. The summed E-state index contributed by atoms with van der Waals surface area (Å²) in [7, 11) is -0.584. The van der Waals surface area contributed by atoms with Crippen LogP contribution in [0.2, 0.25) is 5.02 Å². The maximum absolute atomic E-state index is 13.5. The van der Waals surface area contributed by atoms with Crippen molar-refractivity contribution in [2.24, 2.45) is 0 Å². The second kappa shape index (κ2) is 14.8. The molecule has 0 saturated heterocycles. The summed E-state index contributed by atoms with van der Waals surface area (Å²) in [6.07, 6.45) is 2.64. The Hall–Kier alpha value is -2.98. The first-order valence-electron chi connectivity index (χ1n) is 12.6. The zero-order valence-electron chi connectivity index (χ0n) is 22.7. The highest BCUT2D eigenvalue weighted by Gasteiger charge is 2.28. The summed E-state index contributed by atoms with van der Waals surface area (Å²) in [5.41, 5.74) is 1.23. The van der Waals surface area contributed by atoms with Gasteiger partial charge in [-0.15, -0.1) is 0 Å². The monoisotopic (exact) mass is 567 g/mol. The van der Waals surface area contributed by atoms with E-state index in [9.17, 15) is 18.0 Å². The van der Waals surface area contributed by atoms with Gasteiger partial charge in [0.1, 0.15) is 17.5 Å². The number of methoxy groups -OCH3 is 2. The average Bonchev–Trinajstić information content (AvgIpc) is 2.89. The van der Waals surface area contributed by atoms with Crippen LogP contribution in [0.4, 0.5) is 5.69 Å². The van der Waals surface area contributed by atoms with Crippen molar-refractivity contribution in [3.05, 3.63) is 53.1 Å². The number of rotatable bonds is 15. The minimum atomic E-state index is -3.64. The molecular formula is C27H38ClN3O6S. The van der Waals surface area contributed by atoms with Gasteiger partial charge in [0.2, 0.25) is 21.8 Å². The lowest BCUT2D eigenvalue weighted by Crippen LogP contribution is -2.49. The van der Waals surface area contributed by atoms with E-state index in [2.05, 4.69) is 5.32 Å². The molecule has 2 aromatic carbocycles. The Bertz CT molecular complexity index is 1170. The molecule has 11 heteroatoms. The van der Waals surface area contributed by atoms with Crippen molar-refractivity contribution >= 4 is 39.1 Å². The molecule has 1 unspecified atom stereocenters. The van der Waals surface area contributed by atoms with E-state index in [1.165, 1.54) is 17.5 Å². The summed E-state index contributed by atoms with van der Waals surface area (Å²) in [5, 5.41) is 3.17. The molecule has 9 nitrogen and oxygen atoms in total. The molecule has 210 valence electrons. The predicted molar refractivity (Wildman–Crippen MR) is 150 cm³/mol. The van der Waals surface area contributed by atoms with Gasteiger partial charge in [-0.3, -0.25) is 13.9 Å². The number of nitrogens with zero attached hydrogens (tertiary/aromatic N) is 2. The van der Waals surface area contributed by atoms with Crippen molar-refractivity contribution in [2.75, 3.05) is 37.9 Å². The van der Waals surface area contributed by atoms with E-state index in [1.807, 2.05) is 26.0 Å². The van der Waals surface area contributed by atoms with E-state index in [4.69, 9.17) is 21.1 Å². The number of halogens is 1. The van der Waals surface area contributed by atoms with E-state index in [-0.39, 0.29) is 42.8 Å². The molecule has 1 atom stereocenters. The van der Waals surface area contributed by atoms with Gasteiger partial charge >= 0.3 is 0 Å². The van der Waals surface area contributed by atoms with Gasteiger partial charge in [0.05, 0.1) is 31.2 Å². The van der Waals surface area contributed by atoms with Gasteiger partial charge in [-0.05, 0) is 55.2 Å². The quantitative estimate of drug-likeness (QED) is 0.345. The molecule has 0 fully saturated rings. The van der Waals surface area contributed by atoms with Gasteiger partial charge in [-0.1, -0.05) is 37.6 Å². The fraction of sp³-hybridized carbons (Fsp3) is 0.481. The molecule has 0 saturated carbocycles. The van der Waals surface area contributed by atoms with E-state index in [0.29, 0.717) is 30.2 Å². The van der Waals surface area contributed by atoms with Crippen molar-refractivity contribution in [1.29, 1.82) is 0 Å². The number of hydrogen-bond acceptors (Lipinski definition) is 6. The second-order valence-corrected chi connectivity index (χ2v) is 11.2. The smallest absolute Gasteiger partial charge is 0.242 e. The summed E-state index contributed by atoms with van der Waals surface area (Å²) in [5.74, 6) is 0.682. The average molecular weight is 568 g/mol. The number of carbonyl (C=O) groups excluding carboxylic acids is 2. The number of ether oxygens (including phenoxy) is 2. The van der Waals surface area contributed by atoms with E-state index in [1.54, 1.807) is 36.3 Å². The maximum Gasteiger partial charge on any atom is 0.242 e. The van der Waals surface area contributed by atoms with Crippen LogP contribution in [0.3, 0.4) is 0 Å². The number of carbonyl (C=O) groups is 2. The van der Waals surface area contributed by atoms with E-state index < -0.39 is 16.1 Å². The molecule has 0 aliphatic heterocycles. The lowest BCUT2D eigenvalue weighted by atomic mass is 10.1. The standard InChI is InChI=1S/C27H38ClN3O6S/c1-6-16-29-27(33)24(7-2)30(19-20-10-13-22(36-3)14-11-20)26(32)9-8-17-31(38(5,34)35)21-12-15-25(37-4)23(28)18-21/h10-15,18,24H,6-9,16-17,19H2,1-5H3,(H,29,33). The number of anilines is 1. The topological polar surface area (TPSA) is 105 Å². The fourth-order valence-corrected chi connectivity index (χ4v) is 5.24. The summed E-state index contributed by atoms with van der Waals surface area (Å²) in [4.78, 5) is 28.0. The van der Waals surface area contributed by atoms with Crippen molar-refractivity contribution in [1.82, 2.24) is 10.2 Å². The zero-order valence-corrected chi connectivity index (χ0v) is 24.3. The Morgan fingerprint density at radius 2 is 1.74 bits per heavy atom. The Balaban J connectivity index is 2.22. The van der Waals surface area contributed by atoms with E-state index in [0.717, 1.165) is 18.2 Å². The van der Waals surface area contributed by atoms with Crippen LogP contribution in [0, 0.1) is 0 Å². The number of nitrogens with one attached hydrogen (secondary N) is 1. The lowest BCUT2D eigenvalue weighted by molar-refractivity contribution is -0.141. The number of amides is 2. The summed E-state index contributed by atoms with van der Waals surface area (Å²) < 4.78 is 36.7. The van der Waals surface area contributed by atoms with E-state index >= 15 is 0 Å². The highest BCUT2D eigenvalue weighted by atomic mass is 35.5. The maximum atomic E-state index is 13.5. The highest BCUT2D eigenvalue weighted by molar-refractivity contribution is 7.92. The molecule has 2 rings (SSSR count). The SMILES string of the molecule is CCCNC(=O)C(CC)N(Cc1ccc(OC)cc1)C(=O)CCCN(c1ccc(OC)c(Cl)c1)S(C)(=O)=O. The van der Waals surface area contributed by atoms with Crippen LogP contribution in [0.5, 0.6) is 11.5 Å². The third kappa shape index (κ3) is 8.80. The third-order valence-corrected chi connectivity index (χ3v) is 7.51. The Labute approximate surface area is 231 Å². The van der Waals surface area contributed by atoms with Crippen LogP contribution in [-0.2, 0) is 26.2 Å². The van der Waals surface area contributed by atoms with Gasteiger partial charge in [0, 0.05) is 26.1 Å². The molecule has 38 heavy (non-hydrogen) atoms.